The summed E-state index contributed by atoms with van der Waals surface area (Å²) >= 11 is 2.61. The van der Waals surface area contributed by atoms with Gasteiger partial charge in [0.15, 0.2) is 4.91 Å². The van der Waals surface area contributed by atoms with Gasteiger partial charge in [-0.3, -0.25) is 0 Å². The molecule has 0 aliphatic carbocycles. The highest BCUT2D eigenvalue weighted by atomic mass is 32.2. The van der Waals surface area contributed by atoms with Crippen LogP contribution in [-0.2, 0) is 15.6 Å². The van der Waals surface area contributed by atoms with Crippen molar-refractivity contribution < 1.29 is 12.8 Å². The van der Waals surface area contributed by atoms with Crippen LogP contribution in [0.4, 0.5) is 10.1 Å². The SMILES string of the molecule is CSc1cccc(N/C(SCc2ccccc2F)=C(/C#N)S(=O)(=O)c2ccccc2)c1. The van der Waals surface area contributed by atoms with Crippen molar-refractivity contribution >= 4 is 39.0 Å². The summed E-state index contributed by atoms with van der Waals surface area (Å²) < 4.78 is 40.5. The van der Waals surface area contributed by atoms with Crippen LogP contribution in [0.2, 0.25) is 0 Å². The first-order chi connectivity index (χ1) is 15.0. The van der Waals surface area contributed by atoms with Crippen LogP contribution < -0.4 is 5.32 Å². The van der Waals surface area contributed by atoms with E-state index < -0.39 is 14.7 Å². The lowest BCUT2D eigenvalue weighted by atomic mass is 10.2. The lowest BCUT2D eigenvalue weighted by Crippen LogP contribution is -2.10. The minimum absolute atomic E-state index is 0.0233. The number of hydrogen-bond acceptors (Lipinski definition) is 6. The third-order valence-electron chi connectivity index (χ3n) is 4.29. The molecule has 0 aliphatic rings. The second kappa shape index (κ2) is 10.5. The van der Waals surface area contributed by atoms with Crippen LogP contribution >= 0.6 is 23.5 Å². The summed E-state index contributed by atoms with van der Waals surface area (Å²) in [6, 6.07) is 23.3. The first kappa shape index (κ1) is 22.9. The van der Waals surface area contributed by atoms with Crippen LogP contribution in [-0.4, -0.2) is 14.7 Å². The Balaban J connectivity index is 2.06. The molecule has 0 spiro atoms. The van der Waals surface area contributed by atoms with Gasteiger partial charge in [0, 0.05) is 16.3 Å². The third kappa shape index (κ3) is 5.70. The van der Waals surface area contributed by atoms with E-state index in [1.165, 1.54) is 18.2 Å². The zero-order valence-corrected chi connectivity index (χ0v) is 19.0. The number of hydrogen-bond donors (Lipinski definition) is 1. The maximum absolute atomic E-state index is 14.1. The first-order valence-electron chi connectivity index (χ1n) is 9.17. The molecule has 8 heteroatoms. The van der Waals surface area contributed by atoms with Gasteiger partial charge in [-0.2, -0.15) is 5.26 Å². The predicted octanol–water partition coefficient (Wildman–Crippen LogP) is 6.06. The fraction of sp³-hybridized carbons (Fsp3) is 0.0870. The molecule has 1 N–H and O–H groups in total. The van der Waals surface area contributed by atoms with E-state index >= 15 is 0 Å². The molecular weight excluding hydrogens is 451 g/mol. The van der Waals surface area contributed by atoms with Gasteiger partial charge in [-0.15, -0.1) is 23.5 Å². The van der Waals surface area contributed by atoms with Crippen molar-refractivity contribution in [3.05, 3.63) is 100 Å². The summed E-state index contributed by atoms with van der Waals surface area (Å²) in [4.78, 5) is 0.595. The largest absolute Gasteiger partial charge is 0.349 e. The quantitative estimate of drug-likeness (QED) is 0.319. The number of sulfone groups is 1. The second-order valence-electron chi connectivity index (χ2n) is 6.32. The fourth-order valence-corrected chi connectivity index (χ4v) is 5.74. The fourth-order valence-electron chi connectivity index (χ4n) is 2.71. The van der Waals surface area contributed by atoms with E-state index in [1.54, 1.807) is 54.2 Å². The number of allylic oxidation sites excluding steroid dienone is 1. The average molecular weight is 471 g/mol. The predicted molar refractivity (Wildman–Crippen MR) is 126 cm³/mol. The highest BCUT2D eigenvalue weighted by Crippen LogP contribution is 2.32. The highest BCUT2D eigenvalue weighted by Gasteiger charge is 2.25. The summed E-state index contributed by atoms with van der Waals surface area (Å²) in [5.74, 6) is -0.227. The first-order valence-corrected chi connectivity index (χ1v) is 12.9. The second-order valence-corrected chi connectivity index (χ2v) is 10.1. The normalized spacial score (nSPS) is 12.0. The van der Waals surface area contributed by atoms with Gasteiger partial charge in [-0.05, 0) is 48.2 Å². The summed E-state index contributed by atoms with van der Waals surface area (Å²) in [6.07, 6.45) is 1.93. The molecule has 0 saturated carbocycles. The molecule has 3 aromatic rings. The molecule has 0 fully saturated rings. The summed E-state index contributed by atoms with van der Waals surface area (Å²) in [6.45, 7) is 0. The number of nitrogens with one attached hydrogen (secondary N) is 1. The third-order valence-corrected chi connectivity index (χ3v) is 7.92. The molecule has 3 aromatic carbocycles. The van der Waals surface area contributed by atoms with Gasteiger partial charge in [0.1, 0.15) is 16.9 Å². The number of nitrogens with zero attached hydrogens (tertiary/aromatic N) is 1. The van der Waals surface area contributed by atoms with Crippen molar-refractivity contribution in [3.8, 4) is 6.07 Å². The van der Waals surface area contributed by atoms with Gasteiger partial charge in [0.25, 0.3) is 0 Å². The van der Waals surface area contributed by atoms with Crippen molar-refractivity contribution in [2.24, 2.45) is 0 Å². The molecule has 0 aromatic heterocycles. The smallest absolute Gasteiger partial charge is 0.219 e. The molecule has 0 saturated heterocycles. The van der Waals surface area contributed by atoms with Crippen molar-refractivity contribution in [2.45, 2.75) is 15.5 Å². The Morgan fingerprint density at radius 2 is 1.74 bits per heavy atom. The number of rotatable bonds is 8. The number of halogens is 1. The van der Waals surface area contributed by atoms with Gasteiger partial charge >= 0.3 is 0 Å². The Kier molecular flexibility index (Phi) is 7.80. The Morgan fingerprint density at radius 1 is 1.03 bits per heavy atom. The summed E-state index contributed by atoms with van der Waals surface area (Å²) in [7, 11) is -4.06. The molecule has 0 bridgehead atoms. The van der Waals surface area contributed by atoms with Crippen LogP contribution in [0.25, 0.3) is 0 Å². The standard InChI is InChI=1S/C23H19FN2O2S3/c1-29-19-10-7-9-18(14-19)26-23(30-16-17-8-5-6-13-21(17)24)22(15-25)31(27,28)20-11-3-2-4-12-20/h2-14,26H,16H2,1H3/b23-22+. The van der Waals surface area contributed by atoms with E-state index in [4.69, 9.17) is 0 Å². The Morgan fingerprint density at radius 3 is 2.42 bits per heavy atom. The molecular formula is C23H19FN2O2S3. The van der Waals surface area contributed by atoms with Gasteiger partial charge in [0.05, 0.1) is 4.90 Å². The van der Waals surface area contributed by atoms with E-state index in [0.717, 1.165) is 16.7 Å². The molecule has 3 rings (SSSR count). The maximum Gasteiger partial charge on any atom is 0.219 e. The van der Waals surface area contributed by atoms with Crippen LogP contribution in [0.3, 0.4) is 0 Å². The van der Waals surface area contributed by atoms with Crippen molar-refractivity contribution in [2.75, 3.05) is 11.6 Å². The van der Waals surface area contributed by atoms with Crippen LogP contribution in [0.5, 0.6) is 0 Å². The monoisotopic (exact) mass is 470 g/mol. The molecule has 4 nitrogen and oxygen atoms in total. The van der Waals surface area contributed by atoms with Gasteiger partial charge in [0.2, 0.25) is 9.84 Å². The molecule has 0 amide bonds. The topological polar surface area (TPSA) is 70.0 Å². The highest BCUT2D eigenvalue weighted by molar-refractivity contribution is 8.04. The van der Waals surface area contributed by atoms with Crippen molar-refractivity contribution in [3.63, 3.8) is 0 Å². The van der Waals surface area contributed by atoms with E-state index in [9.17, 15) is 18.1 Å². The Hall–Kier alpha value is -2.73. The maximum atomic E-state index is 14.1. The van der Waals surface area contributed by atoms with Crippen LogP contribution in [0.1, 0.15) is 5.56 Å². The molecule has 0 aliphatic heterocycles. The molecule has 0 atom stereocenters. The number of anilines is 1. The van der Waals surface area contributed by atoms with Gasteiger partial charge < -0.3 is 5.32 Å². The van der Waals surface area contributed by atoms with E-state index in [-0.39, 0.29) is 21.5 Å². The Bertz CT molecular complexity index is 1240. The van der Waals surface area contributed by atoms with Gasteiger partial charge in [-0.25, -0.2) is 12.8 Å². The lowest BCUT2D eigenvalue weighted by Gasteiger charge is -2.15. The molecule has 31 heavy (non-hydrogen) atoms. The number of benzene rings is 3. The zero-order chi connectivity index (χ0) is 22.3. The molecule has 0 heterocycles. The summed E-state index contributed by atoms with van der Waals surface area (Å²) in [5.41, 5.74) is 1.05. The van der Waals surface area contributed by atoms with Crippen molar-refractivity contribution in [1.29, 1.82) is 5.26 Å². The van der Waals surface area contributed by atoms with E-state index in [2.05, 4.69) is 5.32 Å². The minimum atomic E-state index is -4.06. The molecule has 0 radical (unpaired) electrons. The van der Waals surface area contributed by atoms with Crippen molar-refractivity contribution in [1.82, 2.24) is 0 Å². The van der Waals surface area contributed by atoms with Gasteiger partial charge in [-0.1, -0.05) is 42.5 Å². The van der Waals surface area contributed by atoms with E-state index in [1.807, 2.05) is 30.5 Å². The van der Waals surface area contributed by atoms with E-state index in [0.29, 0.717) is 11.3 Å². The molecule has 158 valence electrons. The average Bonchev–Trinajstić information content (AvgIpc) is 2.79. The number of thioether (sulfide) groups is 2. The summed E-state index contributed by atoms with van der Waals surface area (Å²) in [5, 5.41) is 13.0. The lowest BCUT2D eigenvalue weighted by molar-refractivity contribution is 0.603. The Labute approximate surface area is 190 Å². The zero-order valence-electron chi connectivity index (χ0n) is 16.6. The number of nitriles is 1. The van der Waals surface area contributed by atoms with Crippen LogP contribution in [0, 0.1) is 17.1 Å². The molecule has 0 unspecified atom stereocenters. The van der Waals surface area contributed by atoms with Crippen LogP contribution in [0.15, 0.2) is 98.6 Å². The minimum Gasteiger partial charge on any atom is -0.349 e.